The molecule has 5 heteroatoms. The molecule has 0 aliphatic heterocycles. The number of rotatable bonds is 6. The zero-order chi connectivity index (χ0) is 13.7. The van der Waals surface area contributed by atoms with E-state index in [4.69, 9.17) is 0 Å². The molecule has 102 valence electrons. The summed E-state index contributed by atoms with van der Waals surface area (Å²) in [5, 5.41) is 0. The van der Waals surface area contributed by atoms with Crippen LogP contribution in [0.2, 0.25) is 0 Å². The maximum Gasteiger partial charge on any atom is 0.230 e. The van der Waals surface area contributed by atoms with Gasteiger partial charge in [-0.3, -0.25) is 4.79 Å². The zero-order valence-electron chi connectivity index (χ0n) is 11.8. The van der Waals surface area contributed by atoms with Crippen molar-refractivity contribution in [3.63, 3.8) is 0 Å². The average Bonchev–Trinajstić information content (AvgIpc) is 2.71. The minimum Gasteiger partial charge on any atom is -0.345 e. The summed E-state index contributed by atoms with van der Waals surface area (Å²) in [5.74, 6) is 1.20. The van der Waals surface area contributed by atoms with Crippen molar-refractivity contribution < 1.29 is 4.79 Å². The molecule has 18 heavy (non-hydrogen) atoms. The highest BCUT2D eigenvalue weighted by atomic mass is 32.2. The van der Waals surface area contributed by atoms with Gasteiger partial charge < -0.3 is 4.90 Å². The highest BCUT2D eigenvalue weighted by Crippen LogP contribution is 2.34. The largest absolute Gasteiger partial charge is 0.345 e. The number of nitrogens with zero attached hydrogens (tertiary/aromatic N) is 2. The summed E-state index contributed by atoms with van der Waals surface area (Å²) >= 11 is 3.42. The molecule has 0 saturated heterocycles. The quantitative estimate of drug-likeness (QED) is 0.750. The summed E-state index contributed by atoms with van der Waals surface area (Å²) in [6, 6.07) is 0. The van der Waals surface area contributed by atoms with E-state index in [-0.39, 0.29) is 11.8 Å². The lowest BCUT2D eigenvalue weighted by Crippen LogP contribution is -2.31. The molecule has 1 amide bonds. The molecule has 0 aliphatic rings. The van der Waals surface area contributed by atoms with E-state index in [1.807, 2.05) is 20.9 Å². The van der Waals surface area contributed by atoms with Crippen LogP contribution in [0.3, 0.4) is 0 Å². The Morgan fingerprint density at radius 2 is 2.11 bits per heavy atom. The fourth-order valence-electron chi connectivity index (χ4n) is 1.79. The minimum atomic E-state index is -0.0290. The third-order valence-corrected chi connectivity index (χ3v) is 5.25. The summed E-state index contributed by atoms with van der Waals surface area (Å²) in [4.78, 5) is 19.8. The second kappa shape index (κ2) is 7.14. The molecule has 1 aromatic rings. The first-order valence-corrected chi connectivity index (χ1v) is 8.20. The van der Waals surface area contributed by atoms with Gasteiger partial charge in [0, 0.05) is 18.5 Å². The van der Waals surface area contributed by atoms with Crippen LogP contribution in [0.15, 0.2) is 4.34 Å². The van der Waals surface area contributed by atoms with E-state index in [1.54, 1.807) is 28.0 Å². The highest BCUT2D eigenvalue weighted by Gasteiger charge is 2.25. The van der Waals surface area contributed by atoms with E-state index in [0.717, 1.165) is 33.6 Å². The van der Waals surface area contributed by atoms with Crippen molar-refractivity contribution in [1.29, 1.82) is 0 Å². The zero-order valence-corrected chi connectivity index (χ0v) is 13.5. The van der Waals surface area contributed by atoms with E-state index < -0.39 is 0 Å². The van der Waals surface area contributed by atoms with Crippen LogP contribution in [0, 0.1) is 6.92 Å². The number of hydrogen-bond acceptors (Lipinski definition) is 4. The summed E-state index contributed by atoms with van der Waals surface area (Å²) < 4.78 is 1.08. The number of carbonyl (C=O) groups is 1. The van der Waals surface area contributed by atoms with Crippen molar-refractivity contribution in [2.24, 2.45) is 0 Å². The molecule has 3 nitrogen and oxygen atoms in total. The second-order valence-electron chi connectivity index (χ2n) is 4.18. The van der Waals surface area contributed by atoms with E-state index >= 15 is 0 Å². The summed E-state index contributed by atoms with van der Waals surface area (Å²) in [7, 11) is 1.86. The van der Waals surface area contributed by atoms with Crippen LogP contribution in [0.4, 0.5) is 0 Å². The third-order valence-electron chi connectivity index (χ3n) is 2.95. The molecule has 0 fully saturated rings. The van der Waals surface area contributed by atoms with Gasteiger partial charge in [0.2, 0.25) is 5.91 Å². The molecule has 0 radical (unpaired) electrons. The Balaban J connectivity index is 2.97. The molecule has 0 N–H and O–H groups in total. The fourth-order valence-corrected chi connectivity index (χ4v) is 4.07. The van der Waals surface area contributed by atoms with Crippen LogP contribution in [0.5, 0.6) is 0 Å². The molecule has 1 aromatic heterocycles. The van der Waals surface area contributed by atoms with Crippen LogP contribution in [-0.2, 0) is 4.79 Å². The van der Waals surface area contributed by atoms with Gasteiger partial charge in [0.05, 0.1) is 11.6 Å². The molecule has 0 saturated carbocycles. The standard InChI is InChI=1S/C13H22N2OS2/c1-6-10(12(16)15(5)7-2)11-9(4)14-13(18-11)17-8-3/h10H,6-8H2,1-5H3. The fraction of sp³-hybridized carbons (Fsp3) is 0.692. The number of carbonyl (C=O) groups excluding carboxylic acids is 1. The molecule has 0 aliphatic carbocycles. The number of thioether (sulfide) groups is 1. The molecule has 0 aromatic carbocycles. The Kier molecular flexibility index (Phi) is 6.15. The Hall–Kier alpha value is -0.550. The van der Waals surface area contributed by atoms with Gasteiger partial charge >= 0.3 is 0 Å². The molecule has 1 rings (SSSR count). The predicted molar refractivity (Wildman–Crippen MR) is 79.6 cm³/mol. The lowest BCUT2D eigenvalue weighted by atomic mass is 10.0. The van der Waals surface area contributed by atoms with Crippen LogP contribution in [0.25, 0.3) is 0 Å². The van der Waals surface area contributed by atoms with Crippen molar-refractivity contribution in [3.8, 4) is 0 Å². The van der Waals surface area contributed by atoms with Gasteiger partial charge in [0.25, 0.3) is 0 Å². The third kappa shape index (κ3) is 3.48. The van der Waals surface area contributed by atoms with E-state index in [1.165, 1.54) is 0 Å². The van der Waals surface area contributed by atoms with E-state index in [2.05, 4.69) is 18.8 Å². The molecule has 1 atom stereocenters. The SMILES string of the molecule is CCSc1nc(C)c(C(CC)C(=O)N(C)CC)s1. The summed E-state index contributed by atoms with van der Waals surface area (Å²) in [6.07, 6.45) is 0.836. The van der Waals surface area contributed by atoms with Gasteiger partial charge in [-0.25, -0.2) is 4.98 Å². The summed E-state index contributed by atoms with van der Waals surface area (Å²) in [5.41, 5.74) is 1.01. The first-order chi connectivity index (χ1) is 8.54. The second-order valence-corrected chi connectivity index (χ2v) is 6.72. The molecule has 1 heterocycles. The van der Waals surface area contributed by atoms with Crippen molar-refractivity contribution in [1.82, 2.24) is 9.88 Å². The topological polar surface area (TPSA) is 33.2 Å². The Labute approximate surface area is 118 Å². The maximum absolute atomic E-state index is 12.3. The molecular weight excluding hydrogens is 264 g/mol. The minimum absolute atomic E-state index is 0.0290. The number of hydrogen-bond donors (Lipinski definition) is 0. The van der Waals surface area contributed by atoms with Gasteiger partial charge in [0.1, 0.15) is 4.34 Å². The monoisotopic (exact) mass is 286 g/mol. The first kappa shape index (κ1) is 15.5. The lowest BCUT2D eigenvalue weighted by Gasteiger charge is -2.21. The number of thiazole rings is 1. The molecule has 1 unspecified atom stereocenters. The molecule has 0 spiro atoms. The lowest BCUT2D eigenvalue weighted by molar-refractivity contribution is -0.131. The van der Waals surface area contributed by atoms with E-state index in [0.29, 0.717) is 0 Å². The highest BCUT2D eigenvalue weighted by molar-refractivity contribution is 8.01. The van der Waals surface area contributed by atoms with Crippen molar-refractivity contribution in [2.75, 3.05) is 19.3 Å². The van der Waals surface area contributed by atoms with Gasteiger partial charge in [0.15, 0.2) is 0 Å². The number of likely N-dealkylation sites (N-methyl/N-ethyl adjacent to an activating group) is 1. The van der Waals surface area contributed by atoms with E-state index in [9.17, 15) is 4.79 Å². The number of aromatic nitrogens is 1. The average molecular weight is 286 g/mol. The van der Waals surface area contributed by atoms with Crippen LogP contribution >= 0.6 is 23.1 Å². The number of aryl methyl sites for hydroxylation is 1. The van der Waals surface area contributed by atoms with Gasteiger partial charge in [-0.1, -0.05) is 25.6 Å². The van der Waals surface area contributed by atoms with Crippen LogP contribution < -0.4 is 0 Å². The first-order valence-electron chi connectivity index (χ1n) is 6.40. The number of amides is 1. The normalized spacial score (nSPS) is 12.5. The van der Waals surface area contributed by atoms with Gasteiger partial charge in [-0.05, 0) is 26.0 Å². The summed E-state index contributed by atoms with van der Waals surface area (Å²) in [6.45, 7) is 8.95. The molecule has 0 bridgehead atoms. The Morgan fingerprint density at radius 1 is 1.44 bits per heavy atom. The Morgan fingerprint density at radius 3 is 2.61 bits per heavy atom. The van der Waals surface area contributed by atoms with Crippen LogP contribution in [-0.4, -0.2) is 35.1 Å². The van der Waals surface area contributed by atoms with Crippen LogP contribution in [0.1, 0.15) is 43.7 Å². The molecular formula is C13H22N2OS2. The van der Waals surface area contributed by atoms with Gasteiger partial charge in [-0.15, -0.1) is 11.3 Å². The van der Waals surface area contributed by atoms with Crippen molar-refractivity contribution in [2.45, 2.75) is 44.4 Å². The maximum atomic E-state index is 12.3. The van der Waals surface area contributed by atoms with Gasteiger partial charge in [-0.2, -0.15) is 0 Å². The van der Waals surface area contributed by atoms with Crippen molar-refractivity contribution in [3.05, 3.63) is 10.6 Å². The Bertz CT molecular complexity index is 404. The smallest absolute Gasteiger partial charge is 0.230 e. The predicted octanol–water partition coefficient (Wildman–Crippen LogP) is 3.54. The van der Waals surface area contributed by atoms with Crippen molar-refractivity contribution >= 4 is 29.0 Å².